The first kappa shape index (κ1) is 9.49. The molecule has 1 aromatic carbocycles. The van der Waals surface area contributed by atoms with Gasteiger partial charge in [0, 0.05) is 17.1 Å². The van der Waals surface area contributed by atoms with Crippen LogP contribution in [-0.4, -0.2) is 30.7 Å². The molecule has 0 aromatic heterocycles. The lowest BCUT2D eigenvalue weighted by Gasteiger charge is -2.12. The molecule has 0 atom stereocenters. The smallest absolute Gasteiger partial charge is 0.255 e. The minimum atomic E-state index is -0.000772. The summed E-state index contributed by atoms with van der Waals surface area (Å²) in [4.78, 5) is 13.4. The van der Waals surface area contributed by atoms with E-state index in [1.807, 2.05) is 0 Å². The molecule has 0 aliphatic carbocycles. The zero-order valence-electron chi connectivity index (χ0n) is 7.57. The Kier molecular flexibility index (Phi) is 2.70. The van der Waals surface area contributed by atoms with Crippen molar-refractivity contribution in [3.8, 4) is 0 Å². The number of rotatable bonds is 1. The van der Waals surface area contributed by atoms with Gasteiger partial charge in [-0.25, -0.2) is 0 Å². The molecule has 0 unspecified atom stereocenters. The summed E-state index contributed by atoms with van der Waals surface area (Å²) >= 11 is 5.73. The van der Waals surface area contributed by atoms with E-state index in [4.69, 9.17) is 16.3 Å². The Labute approximate surface area is 87.2 Å². The number of hydrogen-bond donors (Lipinski definition) is 0. The maximum atomic E-state index is 11.8. The average molecular weight is 212 g/mol. The Morgan fingerprint density at radius 2 is 2.07 bits per heavy atom. The van der Waals surface area contributed by atoms with Crippen LogP contribution in [-0.2, 0) is 4.74 Å². The van der Waals surface area contributed by atoms with E-state index >= 15 is 0 Å². The van der Waals surface area contributed by atoms with Crippen LogP contribution in [0.2, 0.25) is 5.02 Å². The fourth-order valence-corrected chi connectivity index (χ4v) is 1.48. The molecule has 1 fully saturated rings. The average Bonchev–Trinajstić information content (AvgIpc) is 2.71. The summed E-state index contributed by atoms with van der Waals surface area (Å²) in [6.45, 7) is 1.68. The fraction of sp³-hybridized carbons (Fsp3) is 0.300. The van der Waals surface area contributed by atoms with Crippen molar-refractivity contribution in [1.29, 1.82) is 0 Å². The number of carbonyl (C=O) groups excluding carboxylic acids is 1. The van der Waals surface area contributed by atoms with Crippen LogP contribution < -0.4 is 0 Å². The number of hydrogen-bond acceptors (Lipinski definition) is 2. The third-order valence-electron chi connectivity index (χ3n) is 2.13. The molecule has 0 radical (unpaired) electrons. The lowest BCUT2D eigenvalue weighted by Crippen LogP contribution is -2.28. The van der Waals surface area contributed by atoms with Gasteiger partial charge in [0.05, 0.1) is 6.61 Å². The van der Waals surface area contributed by atoms with Gasteiger partial charge in [-0.3, -0.25) is 4.79 Å². The Bertz CT molecular complexity index is 330. The first-order valence-electron chi connectivity index (χ1n) is 4.40. The minimum Gasteiger partial charge on any atom is -0.359 e. The summed E-state index contributed by atoms with van der Waals surface area (Å²) in [5, 5.41) is 0.638. The normalized spacial score (nSPS) is 15.9. The predicted octanol–water partition coefficient (Wildman–Crippen LogP) is 1.77. The molecule has 0 bridgehead atoms. The van der Waals surface area contributed by atoms with E-state index in [-0.39, 0.29) is 5.91 Å². The molecular weight excluding hydrogens is 202 g/mol. The second-order valence-electron chi connectivity index (χ2n) is 3.11. The van der Waals surface area contributed by atoms with E-state index in [0.29, 0.717) is 30.5 Å². The van der Waals surface area contributed by atoms with E-state index in [9.17, 15) is 4.79 Å². The number of benzene rings is 1. The molecule has 1 aliphatic heterocycles. The third-order valence-corrected chi connectivity index (χ3v) is 2.38. The van der Waals surface area contributed by atoms with Crippen LogP contribution >= 0.6 is 11.6 Å². The van der Waals surface area contributed by atoms with Gasteiger partial charge >= 0.3 is 0 Å². The van der Waals surface area contributed by atoms with Crippen LogP contribution in [0.4, 0.5) is 0 Å². The number of carbonyl (C=O) groups is 1. The molecule has 3 nitrogen and oxygen atoms in total. The van der Waals surface area contributed by atoms with Gasteiger partial charge in [-0.2, -0.15) is 0 Å². The zero-order valence-corrected chi connectivity index (χ0v) is 8.33. The topological polar surface area (TPSA) is 29.5 Å². The van der Waals surface area contributed by atoms with Gasteiger partial charge in [-0.1, -0.05) is 11.6 Å². The molecular formula is C10H10ClNO2. The molecule has 1 saturated heterocycles. The molecule has 0 saturated carbocycles. The summed E-state index contributed by atoms with van der Waals surface area (Å²) in [6.07, 6.45) is 0. The van der Waals surface area contributed by atoms with E-state index in [0.717, 1.165) is 0 Å². The highest BCUT2D eigenvalue weighted by molar-refractivity contribution is 6.30. The lowest BCUT2D eigenvalue weighted by atomic mass is 10.2. The van der Waals surface area contributed by atoms with Crippen molar-refractivity contribution in [1.82, 2.24) is 4.90 Å². The summed E-state index contributed by atoms with van der Waals surface area (Å²) in [5.41, 5.74) is 0.653. The van der Waals surface area contributed by atoms with Gasteiger partial charge in [0.2, 0.25) is 0 Å². The van der Waals surface area contributed by atoms with Crippen LogP contribution in [0.1, 0.15) is 10.4 Å². The summed E-state index contributed by atoms with van der Waals surface area (Å²) in [5.74, 6) is -0.000772. The zero-order chi connectivity index (χ0) is 9.97. The summed E-state index contributed by atoms with van der Waals surface area (Å²) in [6, 6.07) is 6.88. The Balaban J connectivity index is 2.14. The van der Waals surface area contributed by atoms with Crippen molar-refractivity contribution in [2.45, 2.75) is 0 Å². The van der Waals surface area contributed by atoms with E-state index in [1.165, 1.54) is 0 Å². The van der Waals surface area contributed by atoms with E-state index in [1.54, 1.807) is 29.2 Å². The SMILES string of the molecule is O=C(c1ccc(Cl)cc1)N1CCOC1. The fourth-order valence-electron chi connectivity index (χ4n) is 1.35. The minimum absolute atomic E-state index is 0.000772. The van der Waals surface area contributed by atoms with Crippen molar-refractivity contribution in [3.63, 3.8) is 0 Å². The van der Waals surface area contributed by atoms with Gasteiger partial charge in [0.25, 0.3) is 5.91 Å². The highest BCUT2D eigenvalue weighted by Gasteiger charge is 2.19. The van der Waals surface area contributed by atoms with Crippen LogP contribution in [0.25, 0.3) is 0 Å². The molecule has 14 heavy (non-hydrogen) atoms. The van der Waals surface area contributed by atoms with Gasteiger partial charge in [0.15, 0.2) is 0 Å². The third kappa shape index (κ3) is 1.89. The van der Waals surface area contributed by atoms with Crippen molar-refractivity contribution < 1.29 is 9.53 Å². The van der Waals surface area contributed by atoms with Crippen LogP contribution in [0.3, 0.4) is 0 Å². The molecule has 2 rings (SSSR count). The van der Waals surface area contributed by atoms with Gasteiger partial charge in [-0.15, -0.1) is 0 Å². The Morgan fingerprint density at radius 1 is 1.36 bits per heavy atom. The van der Waals surface area contributed by atoms with Gasteiger partial charge in [0.1, 0.15) is 6.73 Å². The molecule has 1 amide bonds. The molecule has 1 heterocycles. The quantitative estimate of drug-likeness (QED) is 0.709. The maximum absolute atomic E-state index is 11.8. The molecule has 0 spiro atoms. The first-order chi connectivity index (χ1) is 6.77. The number of ether oxygens (including phenoxy) is 1. The second-order valence-corrected chi connectivity index (χ2v) is 3.55. The highest BCUT2D eigenvalue weighted by Crippen LogP contribution is 2.12. The first-order valence-corrected chi connectivity index (χ1v) is 4.78. The molecule has 1 aliphatic rings. The predicted molar refractivity (Wildman–Crippen MR) is 53.3 cm³/mol. The van der Waals surface area contributed by atoms with E-state index < -0.39 is 0 Å². The van der Waals surface area contributed by atoms with Crippen molar-refractivity contribution in [2.24, 2.45) is 0 Å². The Morgan fingerprint density at radius 3 is 2.64 bits per heavy atom. The van der Waals surface area contributed by atoms with Crippen molar-refractivity contribution >= 4 is 17.5 Å². The van der Waals surface area contributed by atoms with Crippen LogP contribution in [0, 0.1) is 0 Å². The monoisotopic (exact) mass is 211 g/mol. The van der Waals surface area contributed by atoms with Crippen LogP contribution in [0.5, 0.6) is 0 Å². The van der Waals surface area contributed by atoms with Gasteiger partial charge < -0.3 is 9.64 Å². The number of nitrogens with zero attached hydrogens (tertiary/aromatic N) is 1. The standard InChI is InChI=1S/C10H10ClNO2/c11-9-3-1-8(2-4-9)10(13)12-5-6-14-7-12/h1-4H,5-7H2. The van der Waals surface area contributed by atoms with Gasteiger partial charge in [-0.05, 0) is 24.3 Å². The molecule has 1 aromatic rings. The summed E-state index contributed by atoms with van der Waals surface area (Å²) in [7, 11) is 0. The largest absolute Gasteiger partial charge is 0.359 e. The Hall–Kier alpha value is -1.06. The second kappa shape index (κ2) is 3.98. The maximum Gasteiger partial charge on any atom is 0.255 e. The molecule has 74 valence electrons. The van der Waals surface area contributed by atoms with Crippen LogP contribution in [0.15, 0.2) is 24.3 Å². The van der Waals surface area contributed by atoms with Crippen molar-refractivity contribution in [2.75, 3.05) is 19.9 Å². The highest BCUT2D eigenvalue weighted by atomic mass is 35.5. The number of amides is 1. The van der Waals surface area contributed by atoms with E-state index in [2.05, 4.69) is 0 Å². The number of halogens is 1. The molecule has 4 heteroatoms. The summed E-state index contributed by atoms with van der Waals surface area (Å²) < 4.78 is 5.10. The lowest BCUT2D eigenvalue weighted by molar-refractivity contribution is 0.0695. The molecule has 0 N–H and O–H groups in total. The van der Waals surface area contributed by atoms with Crippen molar-refractivity contribution in [3.05, 3.63) is 34.9 Å².